The lowest BCUT2D eigenvalue weighted by molar-refractivity contribution is 0.0519. The van der Waals surface area contributed by atoms with E-state index in [1.165, 1.54) is 6.92 Å². The first-order valence-electron chi connectivity index (χ1n) is 4.09. The molecule has 0 unspecified atom stereocenters. The van der Waals surface area contributed by atoms with Crippen LogP contribution in [0.3, 0.4) is 0 Å². The summed E-state index contributed by atoms with van der Waals surface area (Å²) in [4.78, 5) is 11.1. The summed E-state index contributed by atoms with van der Waals surface area (Å²) < 4.78 is 43.0. The number of rotatable bonds is 2. The molecule has 0 heterocycles. The third kappa shape index (κ3) is 2.03. The first kappa shape index (κ1) is 11.4. The minimum atomic E-state index is -1.78. The molecule has 15 heavy (non-hydrogen) atoms. The summed E-state index contributed by atoms with van der Waals surface area (Å²) in [6, 6.07) is 0.700. The van der Waals surface area contributed by atoms with Crippen molar-refractivity contribution in [3.8, 4) is 0 Å². The number of hydrogen-bond donors (Lipinski definition) is 1. The highest BCUT2D eigenvalue weighted by Crippen LogP contribution is 2.21. The Morgan fingerprint density at radius 2 is 1.93 bits per heavy atom. The van der Waals surface area contributed by atoms with Crippen LogP contribution in [0.25, 0.3) is 0 Å². The van der Waals surface area contributed by atoms with Gasteiger partial charge in [0.2, 0.25) is 0 Å². The zero-order valence-corrected chi connectivity index (χ0v) is 7.81. The number of carbonyl (C=O) groups excluding carboxylic acids is 1. The highest BCUT2D eigenvalue weighted by molar-refractivity contribution is 5.90. The summed E-state index contributed by atoms with van der Waals surface area (Å²) in [5, 5.41) is 0. The van der Waals surface area contributed by atoms with E-state index in [9.17, 15) is 18.0 Å². The molecule has 0 saturated heterocycles. The molecule has 6 heteroatoms. The molecule has 0 saturated carbocycles. The lowest BCUT2D eigenvalue weighted by Crippen LogP contribution is -2.11. The highest BCUT2D eigenvalue weighted by Gasteiger charge is 2.22. The van der Waals surface area contributed by atoms with Crippen molar-refractivity contribution in [2.45, 2.75) is 6.92 Å². The maximum absolute atomic E-state index is 13.0. The molecule has 1 rings (SSSR count). The van der Waals surface area contributed by atoms with Gasteiger partial charge in [-0.3, -0.25) is 0 Å². The smallest absolute Gasteiger partial charge is 0.341 e. The number of benzene rings is 1. The van der Waals surface area contributed by atoms with Crippen LogP contribution in [0, 0.1) is 17.5 Å². The Hall–Kier alpha value is -1.72. The average Bonchev–Trinajstić information content (AvgIpc) is 2.20. The Balaban J connectivity index is 3.26. The molecule has 1 aromatic carbocycles. The Morgan fingerprint density at radius 3 is 2.47 bits per heavy atom. The molecule has 0 aliphatic carbocycles. The van der Waals surface area contributed by atoms with E-state index in [1.807, 2.05) is 0 Å². The van der Waals surface area contributed by atoms with Crippen LogP contribution in [-0.4, -0.2) is 12.6 Å². The minimum absolute atomic E-state index is 0.00280. The maximum atomic E-state index is 13.0. The number of nitrogen functional groups attached to an aromatic ring is 1. The van der Waals surface area contributed by atoms with Crippen molar-refractivity contribution in [2.24, 2.45) is 0 Å². The summed E-state index contributed by atoms with van der Waals surface area (Å²) in [5.74, 6) is -5.97. The second kappa shape index (κ2) is 4.20. The van der Waals surface area contributed by atoms with Gasteiger partial charge in [0.25, 0.3) is 0 Å². The zero-order chi connectivity index (χ0) is 11.6. The molecule has 0 aromatic heterocycles. The predicted octanol–water partition coefficient (Wildman–Crippen LogP) is 1.86. The fraction of sp³-hybridized carbons (Fsp3) is 0.222. The van der Waals surface area contributed by atoms with Crippen LogP contribution in [0.5, 0.6) is 0 Å². The van der Waals surface area contributed by atoms with E-state index in [2.05, 4.69) is 4.74 Å². The largest absolute Gasteiger partial charge is 0.462 e. The molecule has 0 fully saturated rings. The normalized spacial score (nSPS) is 10.1. The van der Waals surface area contributed by atoms with E-state index in [1.54, 1.807) is 0 Å². The van der Waals surface area contributed by atoms with Crippen LogP contribution in [0.4, 0.5) is 18.9 Å². The van der Waals surface area contributed by atoms with Crippen molar-refractivity contribution in [3.05, 3.63) is 29.1 Å². The van der Waals surface area contributed by atoms with Gasteiger partial charge in [0.05, 0.1) is 12.3 Å². The molecular formula is C9H8F3NO2. The van der Waals surface area contributed by atoms with Gasteiger partial charge in [-0.15, -0.1) is 0 Å². The minimum Gasteiger partial charge on any atom is -0.462 e. The number of hydrogen-bond acceptors (Lipinski definition) is 3. The third-order valence-electron chi connectivity index (χ3n) is 1.67. The van der Waals surface area contributed by atoms with Crippen LogP contribution >= 0.6 is 0 Å². The second-order valence-corrected chi connectivity index (χ2v) is 2.68. The van der Waals surface area contributed by atoms with E-state index in [0.29, 0.717) is 6.07 Å². The zero-order valence-electron chi connectivity index (χ0n) is 7.81. The van der Waals surface area contributed by atoms with E-state index in [4.69, 9.17) is 5.73 Å². The molecule has 0 spiro atoms. The molecule has 82 valence electrons. The van der Waals surface area contributed by atoms with E-state index < -0.39 is 34.7 Å². The van der Waals surface area contributed by atoms with Gasteiger partial charge in [0.15, 0.2) is 17.5 Å². The van der Waals surface area contributed by atoms with Gasteiger partial charge in [-0.25, -0.2) is 18.0 Å². The Kier molecular flexibility index (Phi) is 3.18. The van der Waals surface area contributed by atoms with Crippen LogP contribution < -0.4 is 5.73 Å². The predicted molar refractivity (Wildman–Crippen MR) is 46.7 cm³/mol. The number of anilines is 1. The van der Waals surface area contributed by atoms with Crippen molar-refractivity contribution < 1.29 is 22.7 Å². The van der Waals surface area contributed by atoms with Gasteiger partial charge in [0.1, 0.15) is 5.56 Å². The lowest BCUT2D eigenvalue weighted by atomic mass is 10.1. The van der Waals surface area contributed by atoms with Crippen LogP contribution in [0.2, 0.25) is 0 Å². The molecule has 1 aromatic rings. The number of halogens is 3. The van der Waals surface area contributed by atoms with Crippen molar-refractivity contribution in [1.29, 1.82) is 0 Å². The van der Waals surface area contributed by atoms with E-state index in [-0.39, 0.29) is 6.61 Å². The monoisotopic (exact) mass is 219 g/mol. The number of esters is 1. The SMILES string of the molecule is CCOC(=O)c1cc(N)c(F)c(F)c1F. The molecule has 2 N–H and O–H groups in total. The molecule has 0 aliphatic rings. The lowest BCUT2D eigenvalue weighted by Gasteiger charge is -2.06. The molecule has 0 radical (unpaired) electrons. The average molecular weight is 219 g/mol. The molecule has 0 atom stereocenters. The summed E-state index contributed by atoms with van der Waals surface area (Å²) in [5.41, 5.74) is 3.68. The van der Waals surface area contributed by atoms with Crippen LogP contribution in [0.1, 0.15) is 17.3 Å². The first-order valence-corrected chi connectivity index (χ1v) is 4.09. The van der Waals surface area contributed by atoms with E-state index >= 15 is 0 Å². The first-order chi connectivity index (χ1) is 6.99. The van der Waals surface area contributed by atoms with Crippen molar-refractivity contribution in [3.63, 3.8) is 0 Å². The van der Waals surface area contributed by atoms with Gasteiger partial charge in [-0.05, 0) is 13.0 Å². The Bertz CT molecular complexity index is 407. The summed E-state index contributed by atoms with van der Waals surface area (Å²) in [6.45, 7) is 1.50. The van der Waals surface area contributed by atoms with Gasteiger partial charge in [-0.1, -0.05) is 0 Å². The number of nitrogens with two attached hydrogens (primary N) is 1. The Morgan fingerprint density at radius 1 is 1.33 bits per heavy atom. The molecule has 0 bridgehead atoms. The maximum Gasteiger partial charge on any atom is 0.341 e. The van der Waals surface area contributed by atoms with Gasteiger partial charge < -0.3 is 10.5 Å². The van der Waals surface area contributed by atoms with Gasteiger partial charge in [0, 0.05) is 0 Å². The second-order valence-electron chi connectivity index (χ2n) is 2.68. The van der Waals surface area contributed by atoms with Crippen molar-refractivity contribution >= 4 is 11.7 Å². The third-order valence-corrected chi connectivity index (χ3v) is 1.67. The quantitative estimate of drug-likeness (QED) is 0.469. The van der Waals surface area contributed by atoms with Crippen molar-refractivity contribution in [1.82, 2.24) is 0 Å². The fourth-order valence-electron chi connectivity index (χ4n) is 0.981. The molecule has 0 aliphatic heterocycles. The molecule has 3 nitrogen and oxygen atoms in total. The summed E-state index contributed by atoms with van der Waals surface area (Å²) in [7, 11) is 0. The van der Waals surface area contributed by atoms with E-state index in [0.717, 1.165) is 0 Å². The summed E-state index contributed by atoms with van der Waals surface area (Å²) >= 11 is 0. The standard InChI is InChI=1S/C9H8F3NO2/c1-2-15-9(14)4-3-5(13)7(11)8(12)6(4)10/h3H,2,13H2,1H3. The Labute approximate surface area is 83.6 Å². The molecular weight excluding hydrogens is 211 g/mol. The van der Waals surface area contributed by atoms with Gasteiger partial charge in [-0.2, -0.15) is 0 Å². The van der Waals surface area contributed by atoms with Crippen LogP contribution in [0.15, 0.2) is 6.07 Å². The number of carbonyl (C=O) groups is 1. The van der Waals surface area contributed by atoms with Gasteiger partial charge >= 0.3 is 5.97 Å². The molecule has 0 amide bonds. The number of ether oxygens (including phenoxy) is 1. The topological polar surface area (TPSA) is 52.3 Å². The summed E-state index contributed by atoms with van der Waals surface area (Å²) in [6.07, 6.45) is 0. The fourth-order valence-corrected chi connectivity index (χ4v) is 0.981. The van der Waals surface area contributed by atoms with Crippen LogP contribution in [-0.2, 0) is 4.74 Å². The highest BCUT2D eigenvalue weighted by atomic mass is 19.2. The van der Waals surface area contributed by atoms with Crippen molar-refractivity contribution in [2.75, 3.05) is 12.3 Å².